The third kappa shape index (κ3) is 3.28. The highest BCUT2D eigenvalue weighted by molar-refractivity contribution is 5.79. The van der Waals surface area contributed by atoms with Gasteiger partial charge in [0.1, 0.15) is 11.9 Å². The van der Waals surface area contributed by atoms with Crippen LogP contribution in [-0.4, -0.2) is 5.91 Å². The van der Waals surface area contributed by atoms with Crippen LogP contribution in [0, 0.1) is 23.1 Å². The van der Waals surface area contributed by atoms with Gasteiger partial charge in [-0.3, -0.25) is 4.79 Å². The van der Waals surface area contributed by atoms with Crippen LogP contribution in [0.1, 0.15) is 31.9 Å². The van der Waals surface area contributed by atoms with Gasteiger partial charge in [-0.15, -0.1) is 0 Å². The number of carbonyl (C=O) groups excluding carboxylic acids is 1. The molecule has 0 bridgehead atoms. The molecule has 0 heterocycles. The Labute approximate surface area is 100 Å². The fourth-order valence-electron chi connectivity index (χ4n) is 1.36. The van der Waals surface area contributed by atoms with Gasteiger partial charge in [0.25, 0.3) is 0 Å². The molecule has 90 valence electrons. The SMILES string of the molecule is CC[C@H](C)C(=O)N[C@@H](C#N)c1ccccc1F. The molecule has 1 aromatic carbocycles. The molecule has 1 rings (SSSR count). The normalized spacial score (nSPS) is 13.5. The Morgan fingerprint density at radius 3 is 2.71 bits per heavy atom. The van der Waals surface area contributed by atoms with Crippen LogP contribution < -0.4 is 5.32 Å². The number of hydrogen-bond acceptors (Lipinski definition) is 2. The molecule has 0 aliphatic carbocycles. The van der Waals surface area contributed by atoms with Crippen LogP contribution in [0.2, 0.25) is 0 Å². The monoisotopic (exact) mass is 234 g/mol. The number of nitriles is 1. The number of nitrogens with zero attached hydrogens (tertiary/aromatic N) is 1. The number of amides is 1. The molecule has 3 nitrogen and oxygen atoms in total. The van der Waals surface area contributed by atoms with Gasteiger partial charge in [-0.2, -0.15) is 5.26 Å². The molecule has 0 fully saturated rings. The van der Waals surface area contributed by atoms with Crippen LogP contribution in [-0.2, 0) is 4.79 Å². The highest BCUT2D eigenvalue weighted by atomic mass is 19.1. The highest BCUT2D eigenvalue weighted by Gasteiger charge is 2.19. The topological polar surface area (TPSA) is 52.9 Å². The minimum atomic E-state index is -0.933. The summed E-state index contributed by atoms with van der Waals surface area (Å²) in [6, 6.07) is 6.92. The second-order valence-corrected chi connectivity index (χ2v) is 3.90. The van der Waals surface area contributed by atoms with Crippen molar-refractivity contribution in [1.82, 2.24) is 5.32 Å². The highest BCUT2D eigenvalue weighted by Crippen LogP contribution is 2.16. The summed E-state index contributed by atoms with van der Waals surface area (Å²) in [6.07, 6.45) is 0.682. The molecule has 0 aliphatic rings. The van der Waals surface area contributed by atoms with Gasteiger partial charge < -0.3 is 5.32 Å². The van der Waals surface area contributed by atoms with Gasteiger partial charge >= 0.3 is 0 Å². The summed E-state index contributed by atoms with van der Waals surface area (Å²) in [7, 11) is 0. The largest absolute Gasteiger partial charge is 0.336 e. The van der Waals surface area contributed by atoms with Gasteiger partial charge in [-0.1, -0.05) is 32.0 Å². The number of carbonyl (C=O) groups is 1. The van der Waals surface area contributed by atoms with Crippen molar-refractivity contribution in [2.45, 2.75) is 26.3 Å². The fourth-order valence-corrected chi connectivity index (χ4v) is 1.36. The van der Waals surface area contributed by atoms with Crippen LogP contribution in [0.5, 0.6) is 0 Å². The zero-order chi connectivity index (χ0) is 12.8. The van der Waals surface area contributed by atoms with E-state index in [0.29, 0.717) is 6.42 Å². The lowest BCUT2D eigenvalue weighted by Crippen LogP contribution is -2.32. The van der Waals surface area contributed by atoms with Crippen LogP contribution in [0.3, 0.4) is 0 Å². The Kier molecular flexibility index (Phi) is 4.65. The number of hydrogen-bond donors (Lipinski definition) is 1. The molecule has 0 radical (unpaired) electrons. The molecule has 0 aromatic heterocycles. The van der Waals surface area contributed by atoms with E-state index < -0.39 is 11.9 Å². The van der Waals surface area contributed by atoms with E-state index in [1.165, 1.54) is 12.1 Å². The number of nitrogens with one attached hydrogen (secondary N) is 1. The van der Waals surface area contributed by atoms with Crippen molar-refractivity contribution in [1.29, 1.82) is 5.26 Å². The van der Waals surface area contributed by atoms with E-state index in [1.807, 2.05) is 13.0 Å². The van der Waals surface area contributed by atoms with Gasteiger partial charge in [0.15, 0.2) is 0 Å². The van der Waals surface area contributed by atoms with Crippen LogP contribution in [0.15, 0.2) is 24.3 Å². The molecular formula is C13H15FN2O. The number of rotatable bonds is 4. The van der Waals surface area contributed by atoms with Crippen LogP contribution >= 0.6 is 0 Å². The zero-order valence-electron chi connectivity index (χ0n) is 9.90. The molecule has 1 aromatic rings. The zero-order valence-corrected chi connectivity index (χ0v) is 9.90. The first-order valence-corrected chi connectivity index (χ1v) is 5.54. The van der Waals surface area contributed by atoms with E-state index in [0.717, 1.165) is 0 Å². The Morgan fingerprint density at radius 1 is 1.53 bits per heavy atom. The Balaban J connectivity index is 2.84. The first-order chi connectivity index (χ1) is 8.10. The molecule has 0 saturated carbocycles. The number of halogens is 1. The molecule has 4 heteroatoms. The first-order valence-electron chi connectivity index (χ1n) is 5.54. The Morgan fingerprint density at radius 2 is 2.18 bits per heavy atom. The van der Waals surface area contributed by atoms with Gasteiger partial charge in [-0.05, 0) is 12.5 Å². The summed E-state index contributed by atoms with van der Waals surface area (Å²) in [5, 5.41) is 11.5. The molecule has 17 heavy (non-hydrogen) atoms. The van der Waals surface area contributed by atoms with Crippen molar-refractivity contribution >= 4 is 5.91 Å². The van der Waals surface area contributed by atoms with Crippen molar-refractivity contribution in [3.8, 4) is 6.07 Å². The summed E-state index contributed by atoms with van der Waals surface area (Å²) in [5.74, 6) is -0.900. The average Bonchev–Trinajstić information content (AvgIpc) is 2.35. The lowest BCUT2D eigenvalue weighted by molar-refractivity contribution is -0.125. The lowest BCUT2D eigenvalue weighted by Gasteiger charge is -2.15. The van der Waals surface area contributed by atoms with E-state index in [1.54, 1.807) is 19.1 Å². The molecule has 2 atom stereocenters. The molecule has 0 unspecified atom stereocenters. The third-order valence-corrected chi connectivity index (χ3v) is 2.69. The maximum atomic E-state index is 13.5. The van der Waals surface area contributed by atoms with E-state index in [9.17, 15) is 9.18 Å². The molecular weight excluding hydrogens is 219 g/mol. The predicted octanol–water partition coefficient (Wildman–Crippen LogP) is 2.55. The summed E-state index contributed by atoms with van der Waals surface area (Å²) in [5.41, 5.74) is 0.201. The Hall–Kier alpha value is -1.89. The molecule has 0 spiro atoms. The van der Waals surface area contributed by atoms with Gasteiger partial charge in [0.05, 0.1) is 6.07 Å². The summed E-state index contributed by atoms with van der Waals surface area (Å²) >= 11 is 0. The molecule has 0 saturated heterocycles. The number of benzene rings is 1. The van der Waals surface area contributed by atoms with E-state index in [4.69, 9.17) is 5.26 Å². The van der Waals surface area contributed by atoms with E-state index in [-0.39, 0.29) is 17.4 Å². The minimum absolute atomic E-state index is 0.183. The summed E-state index contributed by atoms with van der Waals surface area (Å²) in [6.45, 7) is 3.65. The van der Waals surface area contributed by atoms with E-state index in [2.05, 4.69) is 5.32 Å². The van der Waals surface area contributed by atoms with Gasteiger partial charge in [0, 0.05) is 11.5 Å². The predicted molar refractivity (Wildman–Crippen MR) is 62.4 cm³/mol. The minimum Gasteiger partial charge on any atom is -0.336 e. The van der Waals surface area contributed by atoms with Gasteiger partial charge in [-0.25, -0.2) is 4.39 Å². The Bertz CT molecular complexity index is 439. The maximum Gasteiger partial charge on any atom is 0.224 e. The molecule has 1 amide bonds. The van der Waals surface area contributed by atoms with E-state index >= 15 is 0 Å². The third-order valence-electron chi connectivity index (χ3n) is 2.69. The van der Waals surface area contributed by atoms with Crippen LogP contribution in [0.4, 0.5) is 4.39 Å². The van der Waals surface area contributed by atoms with Crippen molar-refractivity contribution in [3.05, 3.63) is 35.6 Å². The first kappa shape index (κ1) is 13.2. The maximum absolute atomic E-state index is 13.5. The fraction of sp³-hybridized carbons (Fsp3) is 0.385. The second-order valence-electron chi connectivity index (χ2n) is 3.90. The summed E-state index contributed by atoms with van der Waals surface area (Å²) < 4.78 is 13.5. The van der Waals surface area contributed by atoms with Crippen molar-refractivity contribution in [2.24, 2.45) is 5.92 Å². The molecule has 1 N–H and O–H groups in total. The van der Waals surface area contributed by atoms with Crippen molar-refractivity contribution in [2.75, 3.05) is 0 Å². The quantitative estimate of drug-likeness (QED) is 0.870. The van der Waals surface area contributed by atoms with Crippen LogP contribution in [0.25, 0.3) is 0 Å². The lowest BCUT2D eigenvalue weighted by atomic mass is 10.0. The second kappa shape index (κ2) is 6.00. The average molecular weight is 234 g/mol. The summed E-state index contributed by atoms with van der Waals surface area (Å²) in [4.78, 5) is 11.6. The van der Waals surface area contributed by atoms with Crippen molar-refractivity contribution < 1.29 is 9.18 Å². The standard InChI is InChI=1S/C13H15FN2O/c1-3-9(2)13(17)16-12(8-15)10-6-4-5-7-11(10)14/h4-7,9,12H,3H2,1-2H3,(H,16,17)/t9-,12-/m0/s1. The van der Waals surface area contributed by atoms with Gasteiger partial charge in [0.2, 0.25) is 5.91 Å². The smallest absolute Gasteiger partial charge is 0.224 e. The molecule has 0 aliphatic heterocycles. The van der Waals surface area contributed by atoms with Crippen molar-refractivity contribution in [3.63, 3.8) is 0 Å².